The maximum Gasteiger partial charge on any atom is 0.269 e. The Morgan fingerprint density at radius 3 is 2.31 bits per heavy atom. The Kier molecular flexibility index (Phi) is 6.52. The van der Waals surface area contributed by atoms with Gasteiger partial charge in [-0.1, -0.05) is 54.6 Å². The van der Waals surface area contributed by atoms with Crippen molar-refractivity contribution in [3.63, 3.8) is 0 Å². The van der Waals surface area contributed by atoms with E-state index < -0.39 is 15.3 Å². The molecule has 32 heavy (non-hydrogen) atoms. The molecule has 0 amide bonds. The first-order chi connectivity index (χ1) is 15.3. The van der Waals surface area contributed by atoms with E-state index in [1.165, 1.54) is 6.07 Å². The van der Waals surface area contributed by atoms with Crippen molar-refractivity contribution in [3.05, 3.63) is 88.0 Å². The summed E-state index contributed by atoms with van der Waals surface area (Å²) in [5.74, 6) is 0. The number of hydrogen-bond acceptors (Lipinski definition) is 6. The van der Waals surface area contributed by atoms with E-state index in [-0.39, 0.29) is 10.6 Å². The van der Waals surface area contributed by atoms with Gasteiger partial charge in [-0.3, -0.25) is 19.9 Å². The highest BCUT2D eigenvalue weighted by Gasteiger charge is 2.29. The number of nitro benzene ring substituents is 1. The number of non-ortho nitro benzene ring substituents is 1. The first-order valence-corrected chi connectivity index (χ1v) is 12.1. The quantitative estimate of drug-likeness (QED) is 0.434. The lowest BCUT2D eigenvalue weighted by molar-refractivity contribution is -0.384. The highest BCUT2D eigenvalue weighted by atomic mass is 32.2. The molecule has 4 rings (SSSR count). The number of fused-ring (bicyclic) bond motifs is 1. The Bertz CT molecular complexity index is 1220. The molecular formula is C23H26N4O4S. The third-order valence-electron chi connectivity index (χ3n) is 5.98. The number of primary sulfonamides is 1. The third kappa shape index (κ3) is 5.13. The molecule has 9 heteroatoms. The Labute approximate surface area is 187 Å². The van der Waals surface area contributed by atoms with Crippen LogP contribution in [0.25, 0.3) is 10.8 Å². The zero-order chi connectivity index (χ0) is 22.7. The van der Waals surface area contributed by atoms with Gasteiger partial charge in [0.05, 0.1) is 4.92 Å². The van der Waals surface area contributed by atoms with Crippen LogP contribution in [0, 0.1) is 10.1 Å². The molecule has 0 aromatic heterocycles. The molecule has 2 N–H and O–H groups in total. The standard InChI is InChI=1S/C23H26N4O4S/c24-32(30,31)23(22-10-4-7-19-6-1-2-9-21(19)22)17-26-13-11-25(12-14-26)16-18-5-3-8-20(15-18)27(28)29/h1-10,15,23H,11-14,16-17H2,(H2,24,30,31). The second kappa shape index (κ2) is 9.33. The summed E-state index contributed by atoms with van der Waals surface area (Å²) in [4.78, 5) is 15.0. The minimum atomic E-state index is -3.80. The van der Waals surface area contributed by atoms with Gasteiger partial charge in [0.15, 0.2) is 0 Å². The molecule has 1 aliphatic heterocycles. The van der Waals surface area contributed by atoms with Crippen molar-refractivity contribution in [1.29, 1.82) is 0 Å². The molecule has 1 heterocycles. The average molecular weight is 455 g/mol. The van der Waals surface area contributed by atoms with Crippen LogP contribution in [0.3, 0.4) is 0 Å². The van der Waals surface area contributed by atoms with Gasteiger partial charge in [-0.25, -0.2) is 13.6 Å². The lowest BCUT2D eigenvalue weighted by Gasteiger charge is -2.36. The van der Waals surface area contributed by atoms with Crippen LogP contribution in [0.15, 0.2) is 66.7 Å². The summed E-state index contributed by atoms with van der Waals surface area (Å²) in [6.45, 7) is 3.84. The zero-order valence-corrected chi connectivity index (χ0v) is 18.4. The molecule has 0 aliphatic carbocycles. The van der Waals surface area contributed by atoms with Gasteiger partial charge in [-0.15, -0.1) is 0 Å². The van der Waals surface area contributed by atoms with E-state index in [0.29, 0.717) is 26.2 Å². The van der Waals surface area contributed by atoms with Gasteiger partial charge in [-0.05, 0) is 21.9 Å². The minimum Gasteiger partial charge on any atom is -0.299 e. The van der Waals surface area contributed by atoms with Gasteiger partial charge < -0.3 is 0 Å². The average Bonchev–Trinajstić information content (AvgIpc) is 2.78. The Morgan fingerprint density at radius 1 is 0.938 bits per heavy atom. The Hall–Kier alpha value is -2.85. The van der Waals surface area contributed by atoms with Crippen molar-refractivity contribution in [2.45, 2.75) is 11.8 Å². The fourth-order valence-corrected chi connectivity index (χ4v) is 5.28. The molecular weight excluding hydrogens is 428 g/mol. The molecule has 1 fully saturated rings. The molecule has 0 radical (unpaired) electrons. The van der Waals surface area contributed by atoms with Crippen molar-refractivity contribution < 1.29 is 13.3 Å². The summed E-state index contributed by atoms with van der Waals surface area (Å²) in [6.07, 6.45) is 0. The molecule has 0 spiro atoms. The maximum atomic E-state index is 12.5. The third-order valence-corrected chi connectivity index (χ3v) is 7.18. The van der Waals surface area contributed by atoms with E-state index in [1.54, 1.807) is 12.1 Å². The first-order valence-electron chi connectivity index (χ1n) is 10.5. The van der Waals surface area contributed by atoms with E-state index in [4.69, 9.17) is 5.14 Å². The minimum absolute atomic E-state index is 0.0900. The molecule has 3 aromatic carbocycles. The van der Waals surface area contributed by atoms with Crippen LogP contribution in [0.5, 0.6) is 0 Å². The molecule has 1 saturated heterocycles. The molecule has 0 bridgehead atoms. The molecule has 1 atom stereocenters. The molecule has 1 unspecified atom stereocenters. The molecule has 0 saturated carbocycles. The van der Waals surface area contributed by atoms with Crippen LogP contribution in [-0.2, 0) is 16.6 Å². The zero-order valence-electron chi connectivity index (χ0n) is 17.6. The summed E-state index contributed by atoms with van der Waals surface area (Å²) < 4.78 is 25.1. The number of nitrogens with two attached hydrogens (primary N) is 1. The summed E-state index contributed by atoms with van der Waals surface area (Å²) in [7, 11) is -3.80. The highest BCUT2D eigenvalue weighted by molar-refractivity contribution is 7.89. The number of piperazine rings is 1. The van der Waals surface area contributed by atoms with Crippen molar-refractivity contribution in [1.82, 2.24) is 9.80 Å². The van der Waals surface area contributed by atoms with Gasteiger partial charge in [0.2, 0.25) is 10.0 Å². The number of benzene rings is 3. The van der Waals surface area contributed by atoms with E-state index >= 15 is 0 Å². The largest absolute Gasteiger partial charge is 0.299 e. The van der Waals surface area contributed by atoms with Crippen LogP contribution in [0.1, 0.15) is 16.4 Å². The number of hydrogen-bond donors (Lipinski definition) is 1. The number of nitro groups is 1. The van der Waals surface area contributed by atoms with E-state index in [2.05, 4.69) is 9.80 Å². The first kappa shape index (κ1) is 22.3. The second-order valence-electron chi connectivity index (χ2n) is 8.15. The van der Waals surface area contributed by atoms with Gasteiger partial charge in [0.1, 0.15) is 5.25 Å². The predicted molar refractivity (Wildman–Crippen MR) is 125 cm³/mol. The fourth-order valence-electron chi connectivity index (χ4n) is 4.30. The Balaban J connectivity index is 1.45. The van der Waals surface area contributed by atoms with Crippen LogP contribution in [0.2, 0.25) is 0 Å². The summed E-state index contributed by atoms with van der Waals surface area (Å²) >= 11 is 0. The number of nitrogens with zero attached hydrogens (tertiary/aromatic N) is 3. The van der Waals surface area contributed by atoms with Gasteiger partial charge in [0, 0.05) is 51.4 Å². The maximum absolute atomic E-state index is 12.5. The van der Waals surface area contributed by atoms with Crippen molar-refractivity contribution in [2.75, 3.05) is 32.7 Å². The summed E-state index contributed by atoms with van der Waals surface area (Å²) in [5.41, 5.74) is 1.71. The molecule has 168 valence electrons. The van der Waals surface area contributed by atoms with E-state index in [9.17, 15) is 18.5 Å². The van der Waals surface area contributed by atoms with Crippen LogP contribution < -0.4 is 5.14 Å². The molecule has 8 nitrogen and oxygen atoms in total. The SMILES string of the molecule is NS(=O)(=O)C(CN1CCN(Cc2cccc([N+](=O)[O-])c2)CC1)c1cccc2ccccc12. The molecule has 3 aromatic rings. The van der Waals surface area contributed by atoms with Crippen LogP contribution >= 0.6 is 0 Å². The number of rotatable bonds is 7. The highest BCUT2D eigenvalue weighted by Crippen LogP contribution is 2.29. The van der Waals surface area contributed by atoms with Crippen molar-refractivity contribution in [2.24, 2.45) is 5.14 Å². The summed E-state index contributed by atoms with van der Waals surface area (Å²) in [5, 5.41) is 17.7. The second-order valence-corrected chi connectivity index (χ2v) is 9.90. The van der Waals surface area contributed by atoms with Crippen molar-refractivity contribution in [3.8, 4) is 0 Å². The van der Waals surface area contributed by atoms with E-state index in [1.807, 2.05) is 48.5 Å². The van der Waals surface area contributed by atoms with E-state index in [0.717, 1.165) is 35.0 Å². The monoisotopic (exact) mass is 454 g/mol. The normalized spacial score (nSPS) is 16.8. The number of sulfonamides is 1. The lowest BCUT2D eigenvalue weighted by Crippen LogP contribution is -2.48. The smallest absolute Gasteiger partial charge is 0.269 e. The lowest BCUT2D eigenvalue weighted by atomic mass is 10.0. The van der Waals surface area contributed by atoms with Gasteiger partial charge in [-0.2, -0.15) is 0 Å². The summed E-state index contributed by atoms with van der Waals surface area (Å²) in [6, 6.07) is 20.1. The molecule has 1 aliphatic rings. The topological polar surface area (TPSA) is 110 Å². The van der Waals surface area contributed by atoms with Gasteiger partial charge in [0.25, 0.3) is 5.69 Å². The van der Waals surface area contributed by atoms with Crippen LogP contribution in [-0.4, -0.2) is 55.9 Å². The van der Waals surface area contributed by atoms with Gasteiger partial charge >= 0.3 is 0 Å². The predicted octanol–water partition coefficient (Wildman–Crippen LogP) is 2.90. The van der Waals surface area contributed by atoms with Crippen LogP contribution in [0.4, 0.5) is 5.69 Å². The fraction of sp³-hybridized carbons (Fsp3) is 0.304. The Morgan fingerprint density at radius 2 is 1.59 bits per heavy atom. The van der Waals surface area contributed by atoms with Crippen molar-refractivity contribution >= 4 is 26.5 Å².